The monoisotopic (exact) mass is 230 g/mol. The summed E-state index contributed by atoms with van der Waals surface area (Å²) in [6.07, 6.45) is 2.92. The van der Waals surface area contributed by atoms with Gasteiger partial charge in [0.05, 0.1) is 0 Å². The van der Waals surface area contributed by atoms with E-state index in [1.165, 1.54) is 24.0 Å². The molecule has 0 aromatic heterocycles. The second kappa shape index (κ2) is 4.15. The number of nitrogens with zero attached hydrogens (tertiary/aromatic N) is 1. The molecule has 3 rings (SSSR count). The number of hydrogen-bond acceptors (Lipinski definition) is 2. The van der Waals surface area contributed by atoms with Crippen molar-refractivity contribution in [2.45, 2.75) is 38.4 Å². The van der Waals surface area contributed by atoms with Crippen LogP contribution in [0.1, 0.15) is 30.4 Å². The Morgan fingerprint density at radius 1 is 1.29 bits per heavy atom. The van der Waals surface area contributed by atoms with E-state index in [2.05, 4.69) is 12.1 Å². The van der Waals surface area contributed by atoms with E-state index in [1.54, 1.807) is 0 Å². The molecule has 0 bridgehead atoms. The predicted octanol–water partition coefficient (Wildman–Crippen LogP) is 1.66. The van der Waals surface area contributed by atoms with Crippen molar-refractivity contribution in [3.8, 4) is 0 Å². The van der Waals surface area contributed by atoms with Crippen molar-refractivity contribution in [3.63, 3.8) is 0 Å². The summed E-state index contributed by atoms with van der Waals surface area (Å²) >= 11 is 0. The molecule has 1 heterocycles. The molecule has 0 spiro atoms. The summed E-state index contributed by atoms with van der Waals surface area (Å²) < 4.78 is 0. The highest BCUT2D eigenvalue weighted by molar-refractivity contribution is 5.77. The normalized spacial score (nSPS) is 20.2. The minimum absolute atomic E-state index is 0.0752. The zero-order valence-electron chi connectivity index (χ0n) is 9.93. The summed E-state index contributed by atoms with van der Waals surface area (Å²) in [6, 6.07) is 8.34. The second-order valence-electron chi connectivity index (χ2n) is 5.22. The lowest BCUT2D eigenvalue weighted by atomic mass is 10.1. The third kappa shape index (κ3) is 2.20. The maximum absolute atomic E-state index is 12.1. The van der Waals surface area contributed by atoms with Gasteiger partial charge in [0.1, 0.15) is 0 Å². The number of nitrogens with two attached hydrogens (primary N) is 1. The lowest BCUT2D eigenvalue weighted by Gasteiger charge is -2.18. The third-order valence-electron chi connectivity index (χ3n) is 3.83. The summed E-state index contributed by atoms with van der Waals surface area (Å²) in [5.74, 6) is 0.810. The lowest BCUT2D eigenvalue weighted by molar-refractivity contribution is -0.132. The Labute approximate surface area is 102 Å². The molecule has 1 saturated carbocycles. The second-order valence-corrected chi connectivity index (χ2v) is 5.22. The zero-order valence-corrected chi connectivity index (χ0v) is 9.93. The van der Waals surface area contributed by atoms with Crippen LogP contribution in [0.5, 0.6) is 0 Å². The molecule has 1 aromatic rings. The summed E-state index contributed by atoms with van der Waals surface area (Å²) in [7, 11) is 0. The van der Waals surface area contributed by atoms with Gasteiger partial charge < -0.3 is 10.6 Å². The van der Waals surface area contributed by atoms with Crippen LogP contribution in [0, 0.1) is 5.92 Å². The average molecular weight is 230 g/mol. The van der Waals surface area contributed by atoms with Crippen LogP contribution < -0.4 is 5.73 Å². The van der Waals surface area contributed by atoms with Gasteiger partial charge in [-0.05, 0) is 29.9 Å². The van der Waals surface area contributed by atoms with Crippen LogP contribution in [-0.4, -0.2) is 16.8 Å². The van der Waals surface area contributed by atoms with Crippen molar-refractivity contribution in [2.75, 3.05) is 0 Å². The van der Waals surface area contributed by atoms with E-state index in [0.717, 1.165) is 13.1 Å². The van der Waals surface area contributed by atoms with E-state index >= 15 is 0 Å². The molecule has 1 unspecified atom stereocenters. The predicted molar refractivity (Wildman–Crippen MR) is 66.0 cm³/mol. The van der Waals surface area contributed by atoms with Gasteiger partial charge in [-0.25, -0.2) is 0 Å². The molecule has 1 aliphatic heterocycles. The first kappa shape index (κ1) is 10.8. The minimum atomic E-state index is 0.0752. The molecule has 2 aliphatic rings. The van der Waals surface area contributed by atoms with Gasteiger partial charge in [-0.3, -0.25) is 4.79 Å². The highest BCUT2D eigenvalue weighted by Gasteiger charge is 2.32. The summed E-state index contributed by atoms with van der Waals surface area (Å²) in [6.45, 7) is 1.51. The SMILES string of the molecule is NC(CC(=O)N1Cc2ccccc2C1)C1CC1. The van der Waals surface area contributed by atoms with Crippen LogP contribution in [-0.2, 0) is 17.9 Å². The number of hydrogen-bond donors (Lipinski definition) is 1. The Balaban J connectivity index is 1.61. The molecule has 1 aromatic carbocycles. The first-order valence-corrected chi connectivity index (χ1v) is 6.34. The van der Waals surface area contributed by atoms with Gasteiger partial charge in [-0.15, -0.1) is 0 Å². The maximum Gasteiger partial charge on any atom is 0.224 e. The van der Waals surface area contributed by atoms with E-state index in [9.17, 15) is 4.79 Å². The molecular formula is C14H18N2O. The first-order chi connectivity index (χ1) is 8.24. The van der Waals surface area contributed by atoms with Crippen molar-refractivity contribution >= 4 is 5.91 Å². The van der Waals surface area contributed by atoms with Gasteiger partial charge in [0.15, 0.2) is 0 Å². The van der Waals surface area contributed by atoms with E-state index in [1.807, 2.05) is 17.0 Å². The number of carbonyl (C=O) groups excluding carboxylic acids is 1. The maximum atomic E-state index is 12.1. The minimum Gasteiger partial charge on any atom is -0.334 e. The Bertz CT molecular complexity index is 415. The van der Waals surface area contributed by atoms with Gasteiger partial charge in [0.2, 0.25) is 5.91 Å². The van der Waals surface area contributed by atoms with Crippen molar-refractivity contribution in [1.29, 1.82) is 0 Å². The number of rotatable bonds is 3. The molecule has 17 heavy (non-hydrogen) atoms. The molecule has 1 fully saturated rings. The fraction of sp³-hybridized carbons (Fsp3) is 0.500. The van der Waals surface area contributed by atoms with Crippen LogP contribution in [0.25, 0.3) is 0 Å². The largest absolute Gasteiger partial charge is 0.334 e. The van der Waals surface area contributed by atoms with E-state index in [-0.39, 0.29) is 11.9 Å². The standard InChI is InChI=1S/C14H18N2O/c15-13(10-5-6-10)7-14(17)16-8-11-3-1-2-4-12(11)9-16/h1-4,10,13H,5-9,15H2. The first-order valence-electron chi connectivity index (χ1n) is 6.34. The van der Waals surface area contributed by atoms with Gasteiger partial charge in [0, 0.05) is 25.6 Å². The molecule has 0 saturated heterocycles. The van der Waals surface area contributed by atoms with Crippen molar-refractivity contribution in [2.24, 2.45) is 11.7 Å². The number of carbonyl (C=O) groups is 1. The number of fused-ring (bicyclic) bond motifs is 1. The Morgan fingerprint density at radius 2 is 1.88 bits per heavy atom. The average Bonchev–Trinajstić information content (AvgIpc) is 3.08. The Morgan fingerprint density at radius 3 is 2.41 bits per heavy atom. The van der Waals surface area contributed by atoms with Crippen molar-refractivity contribution in [3.05, 3.63) is 35.4 Å². The van der Waals surface area contributed by atoms with E-state index in [0.29, 0.717) is 12.3 Å². The molecule has 0 radical (unpaired) electrons. The van der Waals surface area contributed by atoms with Gasteiger partial charge >= 0.3 is 0 Å². The molecular weight excluding hydrogens is 212 g/mol. The number of amides is 1. The molecule has 90 valence electrons. The van der Waals surface area contributed by atoms with Crippen LogP contribution >= 0.6 is 0 Å². The van der Waals surface area contributed by atoms with Crippen molar-refractivity contribution in [1.82, 2.24) is 4.90 Å². The van der Waals surface area contributed by atoms with Gasteiger partial charge in [0.25, 0.3) is 0 Å². The van der Waals surface area contributed by atoms with Crippen LogP contribution in [0.15, 0.2) is 24.3 Å². The summed E-state index contributed by atoms with van der Waals surface area (Å²) in [4.78, 5) is 14.0. The number of benzene rings is 1. The fourth-order valence-corrected chi connectivity index (χ4v) is 2.53. The summed E-state index contributed by atoms with van der Waals surface area (Å²) in [5.41, 5.74) is 8.56. The molecule has 3 nitrogen and oxygen atoms in total. The van der Waals surface area contributed by atoms with Crippen LogP contribution in [0.2, 0.25) is 0 Å². The van der Waals surface area contributed by atoms with Gasteiger partial charge in [-0.1, -0.05) is 24.3 Å². The molecule has 1 aliphatic carbocycles. The summed E-state index contributed by atoms with van der Waals surface area (Å²) in [5, 5.41) is 0. The van der Waals surface area contributed by atoms with Crippen LogP contribution in [0.3, 0.4) is 0 Å². The Hall–Kier alpha value is -1.35. The van der Waals surface area contributed by atoms with E-state index < -0.39 is 0 Å². The highest BCUT2D eigenvalue weighted by atomic mass is 16.2. The van der Waals surface area contributed by atoms with Crippen molar-refractivity contribution < 1.29 is 4.79 Å². The quantitative estimate of drug-likeness (QED) is 0.858. The van der Waals surface area contributed by atoms with E-state index in [4.69, 9.17) is 5.73 Å². The molecule has 1 atom stereocenters. The zero-order chi connectivity index (χ0) is 11.8. The smallest absolute Gasteiger partial charge is 0.224 e. The third-order valence-corrected chi connectivity index (χ3v) is 3.83. The topological polar surface area (TPSA) is 46.3 Å². The molecule has 2 N–H and O–H groups in total. The van der Waals surface area contributed by atoms with Crippen LogP contribution in [0.4, 0.5) is 0 Å². The molecule has 1 amide bonds. The van der Waals surface area contributed by atoms with Gasteiger partial charge in [-0.2, -0.15) is 0 Å². The lowest BCUT2D eigenvalue weighted by Crippen LogP contribution is -2.33. The fourth-order valence-electron chi connectivity index (χ4n) is 2.53. The molecule has 3 heteroatoms. The Kier molecular flexibility index (Phi) is 2.63. The highest BCUT2D eigenvalue weighted by Crippen LogP contribution is 2.33.